The molecule has 2 amide bonds. The van der Waals surface area contributed by atoms with E-state index >= 15 is 0 Å². The quantitative estimate of drug-likeness (QED) is 0.222. The highest BCUT2D eigenvalue weighted by Gasteiger charge is 2.63. The summed E-state index contributed by atoms with van der Waals surface area (Å²) in [5, 5.41) is 8.13. The SMILES string of the molecule is CCC(CC)n1c(Cc2cccs2)nc2cc(C(=O)NCC(=O)NC3CN(Cc4ccc(OC)cc4)C4CC34C)ccc21. The van der Waals surface area contributed by atoms with E-state index in [4.69, 9.17) is 9.72 Å². The van der Waals surface area contributed by atoms with Crippen molar-refractivity contribution in [1.29, 1.82) is 0 Å². The molecular formula is C34H41N5O3S. The first-order valence-electron chi connectivity index (χ1n) is 15.3. The van der Waals surface area contributed by atoms with E-state index < -0.39 is 0 Å². The van der Waals surface area contributed by atoms with Crippen molar-refractivity contribution in [1.82, 2.24) is 25.1 Å². The van der Waals surface area contributed by atoms with Crippen LogP contribution >= 0.6 is 11.3 Å². The molecule has 0 spiro atoms. The summed E-state index contributed by atoms with van der Waals surface area (Å²) in [7, 11) is 1.67. The zero-order chi connectivity index (χ0) is 30.1. The molecule has 43 heavy (non-hydrogen) atoms. The Morgan fingerprint density at radius 1 is 1.14 bits per heavy atom. The van der Waals surface area contributed by atoms with Gasteiger partial charge in [0.1, 0.15) is 11.6 Å². The summed E-state index contributed by atoms with van der Waals surface area (Å²) in [5.41, 5.74) is 3.67. The fraction of sp³-hybridized carbons (Fsp3) is 0.441. The zero-order valence-electron chi connectivity index (χ0n) is 25.4. The maximum atomic E-state index is 13.1. The highest BCUT2D eigenvalue weighted by molar-refractivity contribution is 7.09. The fourth-order valence-electron chi connectivity index (χ4n) is 6.75. The zero-order valence-corrected chi connectivity index (χ0v) is 26.2. The van der Waals surface area contributed by atoms with Gasteiger partial charge in [0, 0.05) is 53.5 Å². The maximum absolute atomic E-state index is 13.1. The third kappa shape index (κ3) is 5.93. The fourth-order valence-corrected chi connectivity index (χ4v) is 7.45. The summed E-state index contributed by atoms with van der Waals surface area (Å²) in [6.07, 6.45) is 3.86. The van der Waals surface area contributed by atoms with Crippen LogP contribution in [-0.2, 0) is 17.8 Å². The summed E-state index contributed by atoms with van der Waals surface area (Å²) >= 11 is 1.73. The predicted octanol–water partition coefficient (Wildman–Crippen LogP) is 5.57. The normalized spacial score (nSPS) is 21.2. The number of nitrogens with zero attached hydrogens (tertiary/aromatic N) is 3. The van der Waals surface area contributed by atoms with Crippen LogP contribution in [0.4, 0.5) is 0 Å². The molecule has 1 saturated carbocycles. The van der Waals surface area contributed by atoms with Crippen LogP contribution in [0.1, 0.15) is 72.7 Å². The van der Waals surface area contributed by atoms with Crippen molar-refractivity contribution in [2.45, 2.75) is 71.1 Å². The third-order valence-electron chi connectivity index (χ3n) is 9.42. The molecule has 2 aromatic heterocycles. The van der Waals surface area contributed by atoms with Crippen LogP contribution < -0.4 is 15.4 Å². The number of rotatable bonds is 12. The Morgan fingerprint density at radius 2 is 1.93 bits per heavy atom. The van der Waals surface area contributed by atoms with Crippen LogP contribution in [0.25, 0.3) is 11.0 Å². The largest absolute Gasteiger partial charge is 0.497 e. The minimum Gasteiger partial charge on any atom is -0.497 e. The minimum atomic E-state index is -0.267. The van der Waals surface area contributed by atoms with Gasteiger partial charge >= 0.3 is 0 Å². The van der Waals surface area contributed by atoms with Crippen LogP contribution in [0, 0.1) is 5.41 Å². The van der Waals surface area contributed by atoms with Crippen molar-refractivity contribution in [2.75, 3.05) is 20.2 Å². The Labute approximate surface area is 257 Å². The topological polar surface area (TPSA) is 88.5 Å². The van der Waals surface area contributed by atoms with Gasteiger partial charge in [-0.3, -0.25) is 14.5 Å². The Balaban J connectivity index is 1.08. The summed E-state index contributed by atoms with van der Waals surface area (Å²) in [5.74, 6) is 1.45. The first-order valence-corrected chi connectivity index (χ1v) is 16.2. The molecule has 2 N–H and O–H groups in total. The van der Waals surface area contributed by atoms with Crippen LogP contribution in [0.3, 0.4) is 0 Å². The van der Waals surface area contributed by atoms with Crippen LogP contribution in [-0.4, -0.2) is 58.5 Å². The van der Waals surface area contributed by atoms with Crippen LogP contribution in [0.5, 0.6) is 5.75 Å². The van der Waals surface area contributed by atoms with Gasteiger partial charge in [0.05, 0.1) is 24.7 Å². The smallest absolute Gasteiger partial charge is 0.251 e. The number of piperidine rings is 1. The van der Waals surface area contributed by atoms with E-state index in [9.17, 15) is 9.59 Å². The average Bonchev–Trinajstić information content (AvgIpc) is 3.29. The van der Waals surface area contributed by atoms with Crippen molar-refractivity contribution in [3.63, 3.8) is 0 Å². The van der Waals surface area contributed by atoms with Crippen molar-refractivity contribution in [3.05, 3.63) is 81.8 Å². The summed E-state index contributed by atoms with van der Waals surface area (Å²) in [6.45, 7) is 8.25. The lowest BCUT2D eigenvalue weighted by Gasteiger charge is -2.23. The van der Waals surface area contributed by atoms with E-state index in [1.807, 2.05) is 30.3 Å². The Bertz CT molecular complexity index is 1590. The number of hydrogen-bond acceptors (Lipinski definition) is 6. The minimum absolute atomic E-state index is 0.0571. The van der Waals surface area contributed by atoms with Gasteiger partial charge in [-0.05, 0) is 66.6 Å². The van der Waals surface area contributed by atoms with Gasteiger partial charge in [0.25, 0.3) is 5.91 Å². The lowest BCUT2D eigenvalue weighted by atomic mass is 10.0. The summed E-state index contributed by atoms with van der Waals surface area (Å²) in [6, 6.07) is 18.9. The van der Waals surface area contributed by atoms with E-state index in [1.54, 1.807) is 18.4 Å². The number of methoxy groups -OCH3 is 1. The van der Waals surface area contributed by atoms with Gasteiger partial charge < -0.3 is 19.9 Å². The van der Waals surface area contributed by atoms with Gasteiger partial charge in [-0.1, -0.05) is 39.0 Å². The highest BCUT2D eigenvalue weighted by Crippen LogP contribution is 2.57. The molecule has 0 bridgehead atoms. The average molecular weight is 600 g/mol. The predicted molar refractivity (Wildman–Crippen MR) is 171 cm³/mol. The highest BCUT2D eigenvalue weighted by atomic mass is 32.1. The number of benzene rings is 2. The molecule has 0 radical (unpaired) electrons. The number of ether oxygens (including phenoxy) is 1. The number of amides is 2. The third-order valence-corrected chi connectivity index (χ3v) is 10.3. The molecule has 2 fully saturated rings. The second kappa shape index (κ2) is 12.1. The first-order chi connectivity index (χ1) is 20.8. The second-order valence-electron chi connectivity index (χ2n) is 12.1. The number of likely N-dealkylation sites (tertiary alicyclic amines) is 1. The maximum Gasteiger partial charge on any atom is 0.251 e. The van der Waals surface area contributed by atoms with Gasteiger partial charge in [-0.2, -0.15) is 0 Å². The molecule has 2 aromatic carbocycles. The molecule has 9 heteroatoms. The first kappa shape index (κ1) is 29.4. The monoisotopic (exact) mass is 599 g/mol. The van der Waals surface area contributed by atoms with Gasteiger partial charge in [0.15, 0.2) is 0 Å². The molecule has 1 aliphatic heterocycles. The Kier molecular flexibility index (Phi) is 8.29. The molecule has 3 heterocycles. The van der Waals surface area contributed by atoms with E-state index in [2.05, 4.69) is 70.5 Å². The number of carbonyl (C=O) groups excluding carboxylic acids is 2. The number of carbonyl (C=O) groups is 2. The van der Waals surface area contributed by atoms with E-state index in [0.29, 0.717) is 17.6 Å². The Hall–Kier alpha value is -3.69. The molecule has 226 valence electrons. The molecule has 8 nitrogen and oxygen atoms in total. The lowest BCUT2D eigenvalue weighted by Crippen LogP contribution is -2.46. The van der Waals surface area contributed by atoms with Gasteiger partial charge in [-0.25, -0.2) is 4.98 Å². The van der Waals surface area contributed by atoms with E-state index in [-0.39, 0.29) is 29.8 Å². The molecule has 4 aromatic rings. The van der Waals surface area contributed by atoms with Crippen molar-refractivity contribution in [3.8, 4) is 5.75 Å². The standard InChI is InChI=1S/C34H41N5O3S/c1-5-24(6-2)39-28-14-11-23(16-27(28)36-31(39)17-26-8-7-15-43-26)33(41)35-19-32(40)37-29-21-38(30-18-34(29,30)3)20-22-9-12-25(42-4)13-10-22/h7-16,24,29-30H,5-6,17-21H2,1-4H3,(H,35,41)(H,37,40). The van der Waals surface area contributed by atoms with Gasteiger partial charge in [-0.15, -0.1) is 11.3 Å². The van der Waals surface area contributed by atoms with Crippen molar-refractivity contribution >= 4 is 34.2 Å². The van der Waals surface area contributed by atoms with Crippen LogP contribution in [0.2, 0.25) is 0 Å². The molecular weight excluding hydrogens is 558 g/mol. The number of thiophene rings is 1. The number of fused-ring (bicyclic) bond motifs is 2. The molecule has 3 atom stereocenters. The number of aromatic nitrogens is 2. The van der Waals surface area contributed by atoms with E-state index in [1.165, 1.54) is 10.4 Å². The van der Waals surface area contributed by atoms with Crippen molar-refractivity contribution < 1.29 is 14.3 Å². The number of nitrogens with one attached hydrogen (secondary N) is 2. The number of imidazole rings is 1. The molecule has 6 rings (SSSR count). The molecule has 1 aliphatic carbocycles. The second-order valence-corrected chi connectivity index (χ2v) is 13.2. The molecule has 1 saturated heterocycles. The number of hydrogen-bond donors (Lipinski definition) is 2. The van der Waals surface area contributed by atoms with E-state index in [0.717, 1.165) is 61.4 Å². The molecule has 2 aliphatic rings. The summed E-state index contributed by atoms with van der Waals surface area (Å²) < 4.78 is 7.62. The van der Waals surface area contributed by atoms with Gasteiger partial charge in [0.2, 0.25) is 5.91 Å². The Morgan fingerprint density at radius 3 is 2.63 bits per heavy atom. The van der Waals surface area contributed by atoms with Crippen LogP contribution in [0.15, 0.2) is 60.0 Å². The summed E-state index contributed by atoms with van der Waals surface area (Å²) in [4.78, 5) is 34.8. The van der Waals surface area contributed by atoms with Crippen molar-refractivity contribution in [2.24, 2.45) is 5.41 Å². The lowest BCUT2D eigenvalue weighted by molar-refractivity contribution is -0.121. The molecule has 3 unspecified atom stereocenters.